The van der Waals surface area contributed by atoms with Gasteiger partial charge in [0.15, 0.2) is 11.5 Å². The summed E-state index contributed by atoms with van der Waals surface area (Å²) in [6.45, 7) is 0.0636. The molecule has 0 aliphatic carbocycles. The number of aliphatic carboxylic acids is 1. The molecule has 0 saturated heterocycles. The molecule has 0 spiro atoms. The van der Waals surface area contributed by atoms with Crippen LogP contribution < -0.4 is 14.2 Å². The molecule has 0 fully saturated rings. The minimum atomic E-state index is -3.68. The molecule has 7 nitrogen and oxygen atoms in total. The highest BCUT2D eigenvalue weighted by Crippen LogP contribution is 2.31. The third-order valence-electron chi connectivity index (χ3n) is 3.29. The zero-order valence-electron chi connectivity index (χ0n) is 13.6. The molecule has 0 saturated carbocycles. The van der Waals surface area contributed by atoms with Gasteiger partial charge in [0.05, 0.1) is 12.0 Å². The van der Waals surface area contributed by atoms with Crippen LogP contribution in [0.2, 0.25) is 0 Å². The number of carboxylic acid groups (broad SMARTS) is 1. The molecule has 2 aromatic carbocycles. The molecule has 25 heavy (non-hydrogen) atoms. The van der Waals surface area contributed by atoms with E-state index in [0.29, 0.717) is 17.2 Å². The van der Waals surface area contributed by atoms with Crippen LogP contribution in [-0.2, 0) is 14.8 Å². The maximum atomic E-state index is 12.1. The van der Waals surface area contributed by atoms with Crippen molar-refractivity contribution in [2.24, 2.45) is 0 Å². The van der Waals surface area contributed by atoms with Crippen LogP contribution in [0, 0.1) is 0 Å². The molecule has 2 N–H and O–H groups in total. The summed E-state index contributed by atoms with van der Waals surface area (Å²) in [5.74, 6) is 0.595. The summed E-state index contributed by atoms with van der Waals surface area (Å²) in [4.78, 5) is 10.5. The van der Waals surface area contributed by atoms with Crippen LogP contribution in [0.3, 0.4) is 0 Å². The molecule has 0 unspecified atom stereocenters. The first-order valence-corrected chi connectivity index (χ1v) is 9.03. The average molecular weight is 365 g/mol. The average Bonchev–Trinajstić information content (AvgIpc) is 2.59. The van der Waals surface area contributed by atoms with Crippen molar-refractivity contribution < 1.29 is 27.8 Å². The van der Waals surface area contributed by atoms with Crippen molar-refractivity contribution in [3.8, 4) is 17.2 Å². The van der Waals surface area contributed by atoms with Crippen LogP contribution >= 0.6 is 0 Å². The second-order valence-electron chi connectivity index (χ2n) is 5.12. The first-order chi connectivity index (χ1) is 11.9. The highest BCUT2D eigenvalue weighted by molar-refractivity contribution is 7.89. The van der Waals surface area contributed by atoms with Crippen molar-refractivity contribution in [2.75, 3.05) is 13.7 Å². The number of methoxy groups -OCH3 is 1. The van der Waals surface area contributed by atoms with E-state index in [-0.39, 0.29) is 24.3 Å². The molecule has 0 aliphatic heterocycles. The van der Waals surface area contributed by atoms with Crippen molar-refractivity contribution in [3.63, 3.8) is 0 Å². The molecule has 0 radical (unpaired) electrons. The molecule has 0 aliphatic rings. The van der Waals surface area contributed by atoms with E-state index in [0.717, 1.165) is 0 Å². The van der Waals surface area contributed by atoms with Gasteiger partial charge in [-0.15, -0.1) is 0 Å². The molecule has 0 atom stereocenters. The van der Waals surface area contributed by atoms with E-state index in [1.807, 2.05) is 6.07 Å². The number of ether oxygens (including phenoxy) is 2. The van der Waals surface area contributed by atoms with E-state index < -0.39 is 16.0 Å². The topological polar surface area (TPSA) is 102 Å². The van der Waals surface area contributed by atoms with Gasteiger partial charge in [-0.2, -0.15) is 0 Å². The van der Waals surface area contributed by atoms with Gasteiger partial charge in [0.2, 0.25) is 10.0 Å². The number of carboxylic acids is 1. The first kappa shape index (κ1) is 18.8. The van der Waals surface area contributed by atoms with Crippen molar-refractivity contribution in [2.45, 2.75) is 17.7 Å². The van der Waals surface area contributed by atoms with Crippen LogP contribution in [0.1, 0.15) is 12.8 Å². The summed E-state index contributed by atoms with van der Waals surface area (Å²) in [7, 11) is -2.15. The van der Waals surface area contributed by atoms with Crippen LogP contribution in [0.25, 0.3) is 0 Å². The van der Waals surface area contributed by atoms with Crippen LogP contribution in [-0.4, -0.2) is 33.1 Å². The predicted molar refractivity (Wildman–Crippen MR) is 91.6 cm³/mol. The molecule has 134 valence electrons. The molecular weight excluding hydrogens is 346 g/mol. The van der Waals surface area contributed by atoms with Gasteiger partial charge >= 0.3 is 5.97 Å². The number of benzene rings is 2. The fourth-order valence-corrected chi connectivity index (χ4v) is 3.12. The van der Waals surface area contributed by atoms with Gasteiger partial charge in [0.25, 0.3) is 0 Å². The second kappa shape index (κ2) is 8.50. The van der Waals surface area contributed by atoms with Crippen molar-refractivity contribution in [3.05, 3.63) is 48.5 Å². The summed E-state index contributed by atoms with van der Waals surface area (Å²) in [6.07, 6.45) is 0.137. The van der Waals surface area contributed by atoms with Gasteiger partial charge in [-0.05, 0) is 42.8 Å². The summed E-state index contributed by atoms with van der Waals surface area (Å²) < 4.78 is 37.5. The summed E-state index contributed by atoms with van der Waals surface area (Å²) in [5, 5.41) is 8.55. The lowest BCUT2D eigenvalue weighted by Gasteiger charge is -2.11. The fourth-order valence-electron chi connectivity index (χ4n) is 2.05. The van der Waals surface area contributed by atoms with Gasteiger partial charge in [-0.1, -0.05) is 12.1 Å². The van der Waals surface area contributed by atoms with Gasteiger partial charge in [0, 0.05) is 13.0 Å². The smallest absolute Gasteiger partial charge is 0.303 e. The summed E-state index contributed by atoms with van der Waals surface area (Å²) in [5.41, 5.74) is 0. The lowest BCUT2D eigenvalue weighted by Crippen LogP contribution is -2.25. The van der Waals surface area contributed by atoms with E-state index in [4.69, 9.17) is 14.6 Å². The van der Waals surface area contributed by atoms with E-state index in [1.165, 1.54) is 31.4 Å². The molecule has 0 bridgehead atoms. The maximum absolute atomic E-state index is 12.1. The number of para-hydroxylation sites is 2. The number of rotatable bonds is 9. The predicted octanol–water partition coefficient (Wildman–Crippen LogP) is 2.63. The molecule has 0 amide bonds. The van der Waals surface area contributed by atoms with Crippen LogP contribution in [0.4, 0.5) is 0 Å². The van der Waals surface area contributed by atoms with Gasteiger partial charge in [-0.25, -0.2) is 13.1 Å². The Balaban J connectivity index is 2.02. The Kier molecular flexibility index (Phi) is 6.37. The monoisotopic (exact) mass is 365 g/mol. The van der Waals surface area contributed by atoms with Crippen molar-refractivity contribution in [1.82, 2.24) is 4.72 Å². The van der Waals surface area contributed by atoms with E-state index in [2.05, 4.69) is 4.72 Å². The Bertz CT molecular complexity index is 817. The number of nitrogens with one attached hydrogen (secondary N) is 1. The normalized spacial score (nSPS) is 11.1. The second-order valence-corrected chi connectivity index (χ2v) is 6.89. The molecule has 2 rings (SSSR count). The standard InChI is InChI=1S/C17H19NO6S/c1-23-15-5-2-3-6-16(15)24-13-8-10-14(11-9-13)25(21,22)18-12-4-7-17(19)20/h2-3,5-6,8-11,18H,4,7,12H2,1H3,(H,19,20). The zero-order chi connectivity index (χ0) is 18.3. The quantitative estimate of drug-likeness (QED) is 0.662. The maximum Gasteiger partial charge on any atom is 0.303 e. The lowest BCUT2D eigenvalue weighted by molar-refractivity contribution is -0.137. The number of carbonyl (C=O) groups is 1. The number of hydrogen-bond acceptors (Lipinski definition) is 5. The van der Waals surface area contributed by atoms with Crippen LogP contribution in [0.5, 0.6) is 17.2 Å². The van der Waals surface area contributed by atoms with E-state index >= 15 is 0 Å². The third-order valence-corrected chi connectivity index (χ3v) is 4.77. The lowest BCUT2D eigenvalue weighted by atomic mass is 10.3. The molecular formula is C17H19NO6S. The SMILES string of the molecule is COc1ccccc1Oc1ccc(S(=O)(=O)NCCCC(=O)O)cc1. The third kappa shape index (κ3) is 5.47. The van der Waals surface area contributed by atoms with E-state index in [9.17, 15) is 13.2 Å². The molecule has 2 aromatic rings. The summed E-state index contributed by atoms with van der Waals surface area (Å²) >= 11 is 0. The molecule has 0 heterocycles. The largest absolute Gasteiger partial charge is 0.493 e. The minimum absolute atomic E-state index is 0.0636. The Labute approximate surface area is 146 Å². The van der Waals surface area contributed by atoms with Crippen LogP contribution in [0.15, 0.2) is 53.4 Å². The summed E-state index contributed by atoms with van der Waals surface area (Å²) in [6, 6.07) is 13.0. The first-order valence-electron chi connectivity index (χ1n) is 7.55. The highest BCUT2D eigenvalue weighted by atomic mass is 32.2. The Morgan fingerprint density at radius 2 is 1.72 bits per heavy atom. The Morgan fingerprint density at radius 3 is 2.32 bits per heavy atom. The van der Waals surface area contributed by atoms with Crippen molar-refractivity contribution >= 4 is 16.0 Å². The van der Waals surface area contributed by atoms with Gasteiger partial charge in [0.1, 0.15) is 5.75 Å². The zero-order valence-corrected chi connectivity index (χ0v) is 14.5. The number of hydrogen-bond donors (Lipinski definition) is 2. The van der Waals surface area contributed by atoms with Crippen molar-refractivity contribution in [1.29, 1.82) is 0 Å². The molecule has 0 aromatic heterocycles. The van der Waals surface area contributed by atoms with E-state index in [1.54, 1.807) is 18.2 Å². The highest BCUT2D eigenvalue weighted by Gasteiger charge is 2.14. The van der Waals surface area contributed by atoms with Gasteiger partial charge < -0.3 is 14.6 Å². The minimum Gasteiger partial charge on any atom is -0.493 e. The fraction of sp³-hybridized carbons (Fsp3) is 0.235. The van der Waals surface area contributed by atoms with Gasteiger partial charge in [-0.3, -0.25) is 4.79 Å². The number of sulfonamides is 1. The molecule has 8 heteroatoms. The Hall–Kier alpha value is -2.58. The Morgan fingerprint density at radius 1 is 1.08 bits per heavy atom.